The van der Waals surface area contributed by atoms with Gasteiger partial charge in [-0.3, -0.25) is 14.5 Å². The lowest BCUT2D eigenvalue weighted by molar-refractivity contribution is -0.124. The molecular weight excluding hydrogens is 472 g/mol. The van der Waals surface area contributed by atoms with E-state index < -0.39 is 17.8 Å². The molecule has 9 heteroatoms. The van der Waals surface area contributed by atoms with E-state index in [2.05, 4.69) is 5.32 Å². The Morgan fingerprint density at radius 3 is 2.17 bits per heavy atom. The molecule has 3 aromatic rings. The van der Waals surface area contributed by atoms with E-state index in [1.165, 1.54) is 41.3 Å². The van der Waals surface area contributed by atoms with E-state index in [1.807, 2.05) is 0 Å². The number of ether oxygens (including phenoxy) is 1. The van der Waals surface area contributed by atoms with Gasteiger partial charge in [0.1, 0.15) is 23.4 Å². The molecule has 0 unspecified atom stereocenters. The number of rotatable bonds is 8. The Bertz CT molecular complexity index is 1220. The number of methoxy groups -OCH3 is 1. The topological polar surface area (TPSA) is 61.9 Å². The summed E-state index contributed by atoms with van der Waals surface area (Å²) in [6, 6.07) is 17.6. The highest BCUT2D eigenvalue weighted by Gasteiger charge is 2.43. The molecule has 1 heterocycles. The highest BCUT2D eigenvalue weighted by molar-refractivity contribution is 7.80. The van der Waals surface area contributed by atoms with Gasteiger partial charge >= 0.3 is 0 Å². The zero-order valence-corrected chi connectivity index (χ0v) is 19.7. The van der Waals surface area contributed by atoms with E-state index in [0.29, 0.717) is 30.1 Å². The van der Waals surface area contributed by atoms with E-state index in [4.69, 9.17) is 17.0 Å². The Morgan fingerprint density at radius 1 is 0.971 bits per heavy atom. The zero-order valence-electron chi connectivity index (χ0n) is 18.9. The Labute approximate surface area is 207 Å². The van der Waals surface area contributed by atoms with E-state index in [0.717, 1.165) is 5.56 Å². The summed E-state index contributed by atoms with van der Waals surface area (Å²) >= 11 is 5.66. The molecule has 0 spiro atoms. The maximum Gasteiger partial charge on any atom is 0.256 e. The van der Waals surface area contributed by atoms with Gasteiger partial charge in [-0.05, 0) is 84.9 Å². The first-order valence-electron chi connectivity index (χ1n) is 10.9. The molecule has 0 bridgehead atoms. The summed E-state index contributed by atoms with van der Waals surface area (Å²) in [5.74, 6) is -0.840. The van der Waals surface area contributed by atoms with Crippen LogP contribution in [0.4, 0.5) is 20.2 Å². The van der Waals surface area contributed by atoms with Crippen LogP contribution in [0, 0.1) is 11.6 Å². The third-order valence-electron chi connectivity index (χ3n) is 5.71. The van der Waals surface area contributed by atoms with E-state index in [9.17, 15) is 18.4 Å². The molecule has 0 aliphatic carbocycles. The molecule has 1 fully saturated rings. The van der Waals surface area contributed by atoms with Crippen LogP contribution in [-0.4, -0.2) is 41.5 Å². The average molecular weight is 496 g/mol. The summed E-state index contributed by atoms with van der Waals surface area (Å²) in [7, 11) is 1.55. The minimum Gasteiger partial charge on any atom is -0.497 e. The van der Waals surface area contributed by atoms with Gasteiger partial charge in [0, 0.05) is 12.2 Å². The Balaban J connectivity index is 1.55. The van der Waals surface area contributed by atoms with Crippen LogP contribution in [-0.2, 0) is 16.0 Å². The van der Waals surface area contributed by atoms with Crippen molar-refractivity contribution in [1.82, 2.24) is 4.90 Å². The molecule has 1 saturated heterocycles. The molecule has 35 heavy (non-hydrogen) atoms. The summed E-state index contributed by atoms with van der Waals surface area (Å²) in [6.45, 7) is 0.358. The molecule has 1 atom stereocenters. The number of hydrogen-bond donors (Lipinski definition) is 1. The zero-order chi connectivity index (χ0) is 24.9. The fourth-order valence-corrected chi connectivity index (χ4v) is 4.29. The number of nitrogens with zero attached hydrogens (tertiary/aromatic N) is 2. The summed E-state index contributed by atoms with van der Waals surface area (Å²) in [5.41, 5.74) is 1.86. The Kier molecular flexibility index (Phi) is 7.36. The molecule has 4 rings (SSSR count). The first-order valence-corrected chi connectivity index (χ1v) is 11.3. The summed E-state index contributed by atoms with van der Waals surface area (Å²) in [6.07, 6.45) is 0.354. The van der Waals surface area contributed by atoms with Gasteiger partial charge in [0.15, 0.2) is 5.11 Å². The number of carbonyl (C=O) groups excluding carboxylic acids is 2. The van der Waals surface area contributed by atoms with Crippen LogP contribution in [0.25, 0.3) is 0 Å². The van der Waals surface area contributed by atoms with Crippen molar-refractivity contribution in [3.05, 3.63) is 90.0 Å². The van der Waals surface area contributed by atoms with Crippen molar-refractivity contribution >= 4 is 40.5 Å². The highest BCUT2D eigenvalue weighted by atomic mass is 32.1. The fraction of sp³-hybridized carbons (Fsp3) is 0.192. The van der Waals surface area contributed by atoms with Crippen LogP contribution in [0.1, 0.15) is 12.0 Å². The maximum atomic E-state index is 13.5. The summed E-state index contributed by atoms with van der Waals surface area (Å²) < 4.78 is 31.7. The van der Waals surface area contributed by atoms with Crippen molar-refractivity contribution in [1.29, 1.82) is 0 Å². The first kappa shape index (κ1) is 24.3. The molecule has 0 aromatic heterocycles. The molecular formula is C26H23F2N3O3S. The number of anilines is 2. The van der Waals surface area contributed by atoms with Gasteiger partial charge in [-0.2, -0.15) is 0 Å². The molecule has 6 nitrogen and oxygen atoms in total. The molecule has 1 aliphatic rings. The molecule has 0 radical (unpaired) electrons. The lowest BCUT2D eigenvalue weighted by Gasteiger charge is -2.24. The van der Waals surface area contributed by atoms with E-state index in [1.54, 1.807) is 48.4 Å². The SMILES string of the molecule is COc1ccc(N2C(=O)[C@@H](CC(=O)Nc3ccc(F)cc3)N(CCc3ccc(F)cc3)C2=S)cc1. The summed E-state index contributed by atoms with van der Waals surface area (Å²) in [4.78, 5) is 29.4. The van der Waals surface area contributed by atoms with Gasteiger partial charge in [-0.25, -0.2) is 8.78 Å². The van der Waals surface area contributed by atoms with Crippen LogP contribution in [0.15, 0.2) is 72.8 Å². The van der Waals surface area contributed by atoms with Gasteiger partial charge in [-0.15, -0.1) is 0 Å². The van der Waals surface area contributed by atoms with Crippen molar-refractivity contribution in [3.63, 3.8) is 0 Å². The van der Waals surface area contributed by atoms with Gasteiger partial charge in [0.25, 0.3) is 5.91 Å². The van der Waals surface area contributed by atoms with Gasteiger partial charge in [-0.1, -0.05) is 12.1 Å². The molecule has 1 aliphatic heterocycles. The van der Waals surface area contributed by atoms with Crippen molar-refractivity contribution in [2.75, 3.05) is 23.9 Å². The van der Waals surface area contributed by atoms with Crippen molar-refractivity contribution in [2.45, 2.75) is 18.9 Å². The Hall–Kier alpha value is -3.85. The monoisotopic (exact) mass is 495 g/mol. The van der Waals surface area contributed by atoms with Crippen molar-refractivity contribution in [2.24, 2.45) is 0 Å². The second kappa shape index (κ2) is 10.6. The smallest absolute Gasteiger partial charge is 0.256 e. The lowest BCUT2D eigenvalue weighted by Crippen LogP contribution is -2.39. The molecule has 0 saturated carbocycles. The molecule has 2 amide bonds. The second-order valence-electron chi connectivity index (χ2n) is 8.00. The predicted molar refractivity (Wildman–Crippen MR) is 133 cm³/mol. The van der Waals surface area contributed by atoms with Crippen LogP contribution < -0.4 is 15.0 Å². The number of nitrogens with one attached hydrogen (secondary N) is 1. The second-order valence-corrected chi connectivity index (χ2v) is 8.36. The third-order valence-corrected chi connectivity index (χ3v) is 6.13. The third kappa shape index (κ3) is 5.63. The van der Waals surface area contributed by atoms with Gasteiger partial charge in [0.2, 0.25) is 5.91 Å². The van der Waals surface area contributed by atoms with Gasteiger partial charge < -0.3 is 15.0 Å². The van der Waals surface area contributed by atoms with E-state index in [-0.39, 0.29) is 23.3 Å². The molecule has 1 N–H and O–H groups in total. The summed E-state index contributed by atoms with van der Waals surface area (Å²) in [5, 5.41) is 2.98. The van der Waals surface area contributed by atoms with Crippen molar-refractivity contribution < 1.29 is 23.1 Å². The highest BCUT2D eigenvalue weighted by Crippen LogP contribution is 2.29. The largest absolute Gasteiger partial charge is 0.497 e. The van der Waals surface area contributed by atoms with Crippen LogP contribution >= 0.6 is 12.2 Å². The Morgan fingerprint density at radius 2 is 1.57 bits per heavy atom. The average Bonchev–Trinajstić information content (AvgIpc) is 3.08. The molecule has 3 aromatic carbocycles. The number of carbonyl (C=O) groups is 2. The number of halogens is 2. The minimum atomic E-state index is -0.828. The van der Waals surface area contributed by atoms with Crippen LogP contribution in [0.3, 0.4) is 0 Å². The normalized spacial score (nSPS) is 15.5. The number of hydrogen-bond acceptors (Lipinski definition) is 4. The molecule has 180 valence electrons. The van der Waals surface area contributed by atoms with Gasteiger partial charge in [0.05, 0.1) is 19.2 Å². The fourth-order valence-electron chi connectivity index (χ4n) is 3.88. The number of thiocarbonyl (C=S) groups is 1. The number of benzene rings is 3. The minimum absolute atomic E-state index is 0.146. The first-order chi connectivity index (χ1) is 16.9. The number of amides is 2. The van der Waals surface area contributed by atoms with Crippen LogP contribution in [0.5, 0.6) is 5.75 Å². The maximum absolute atomic E-state index is 13.5. The quantitative estimate of drug-likeness (QED) is 0.465. The standard InChI is InChI=1S/C26H23F2N3O3S/c1-34-22-12-10-21(11-13-22)31-25(33)23(16-24(32)29-20-8-6-19(28)7-9-20)30(26(31)35)15-14-17-2-4-18(27)5-3-17/h2-13,23H,14-16H2,1H3,(H,29,32)/t23-/m1/s1. The predicted octanol–water partition coefficient (Wildman–Crippen LogP) is 4.55. The van der Waals surface area contributed by atoms with Crippen molar-refractivity contribution in [3.8, 4) is 5.75 Å². The van der Waals surface area contributed by atoms with Crippen LogP contribution in [0.2, 0.25) is 0 Å². The van der Waals surface area contributed by atoms with E-state index >= 15 is 0 Å². The lowest BCUT2D eigenvalue weighted by atomic mass is 10.1.